The van der Waals surface area contributed by atoms with Crippen molar-refractivity contribution in [2.45, 2.75) is 6.92 Å². The summed E-state index contributed by atoms with van der Waals surface area (Å²) in [7, 11) is 2.69. The van der Waals surface area contributed by atoms with Gasteiger partial charge in [0.25, 0.3) is 5.69 Å². The van der Waals surface area contributed by atoms with Gasteiger partial charge < -0.3 is 13.9 Å². The topological polar surface area (TPSA) is 105 Å². The molecular weight excluding hydrogens is 432 g/mol. The van der Waals surface area contributed by atoms with E-state index in [1.807, 2.05) is 12.1 Å². The Kier molecular flexibility index (Phi) is 5.46. The maximum absolute atomic E-state index is 12.3. The Morgan fingerprint density at radius 2 is 1.93 bits per heavy atom. The van der Waals surface area contributed by atoms with Crippen LogP contribution in [0.1, 0.15) is 16.1 Å². The molecule has 0 bridgehead atoms. The average molecular weight is 447 g/mol. The molecule has 0 aliphatic rings. The van der Waals surface area contributed by atoms with Crippen LogP contribution in [0.3, 0.4) is 0 Å². The van der Waals surface area contributed by atoms with Crippen LogP contribution in [0.2, 0.25) is 0 Å². The molecular formula is C19H15BrN2O6. The zero-order valence-corrected chi connectivity index (χ0v) is 16.8. The summed E-state index contributed by atoms with van der Waals surface area (Å²) in [5.41, 5.74) is 0.705. The molecule has 0 fully saturated rings. The maximum atomic E-state index is 12.3. The number of carbonyl (C=O) groups excluding carboxylic acids is 1. The first-order valence-electron chi connectivity index (χ1n) is 8.05. The van der Waals surface area contributed by atoms with E-state index in [1.165, 1.54) is 19.2 Å². The minimum atomic E-state index is -0.863. The molecule has 0 N–H and O–H groups in total. The van der Waals surface area contributed by atoms with E-state index in [2.05, 4.69) is 20.9 Å². The zero-order valence-electron chi connectivity index (χ0n) is 15.2. The molecule has 8 nitrogen and oxygen atoms in total. The highest BCUT2D eigenvalue weighted by Gasteiger charge is 2.31. The van der Waals surface area contributed by atoms with Gasteiger partial charge in [0.1, 0.15) is 5.75 Å². The van der Waals surface area contributed by atoms with Gasteiger partial charge in [0.15, 0.2) is 11.3 Å². The van der Waals surface area contributed by atoms with Gasteiger partial charge in [-0.25, -0.2) is 9.78 Å². The minimum absolute atomic E-state index is 0.0504. The lowest BCUT2D eigenvalue weighted by molar-refractivity contribution is -0.385. The van der Waals surface area contributed by atoms with Crippen molar-refractivity contribution < 1.29 is 23.6 Å². The van der Waals surface area contributed by atoms with E-state index in [0.29, 0.717) is 27.2 Å². The van der Waals surface area contributed by atoms with E-state index in [9.17, 15) is 14.9 Å². The summed E-state index contributed by atoms with van der Waals surface area (Å²) in [5.74, 6) is 0.202. The summed E-state index contributed by atoms with van der Waals surface area (Å²) >= 11 is 3.33. The molecule has 0 aliphatic heterocycles. The van der Waals surface area contributed by atoms with Crippen LogP contribution >= 0.6 is 15.9 Å². The number of oxazole rings is 1. The van der Waals surface area contributed by atoms with Gasteiger partial charge in [-0.3, -0.25) is 10.1 Å². The predicted molar refractivity (Wildman–Crippen MR) is 104 cm³/mol. The van der Waals surface area contributed by atoms with Crippen LogP contribution in [0.15, 0.2) is 45.3 Å². The fourth-order valence-electron chi connectivity index (χ4n) is 2.82. The van der Waals surface area contributed by atoms with Crippen LogP contribution in [0.5, 0.6) is 5.75 Å². The number of nitrogens with zero attached hydrogens (tertiary/aromatic N) is 2. The van der Waals surface area contributed by atoms with Gasteiger partial charge in [0.05, 0.1) is 36.0 Å². The molecule has 9 heteroatoms. The van der Waals surface area contributed by atoms with Crippen molar-refractivity contribution in [1.82, 2.24) is 4.98 Å². The van der Waals surface area contributed by atoms with Crippen molar-refractivity contribution in [3.63, 3.8) is 0 Å². The number of rotatable bonds is 5. The fraction of sp³-hybridized carbons (Fsp3) is 0.158. The first-order chi connectivity index (χ1) is 13.4. The Morgan fingerprint density at radius 1 is 1.21 bits per heavy atom. The lowest BCUT2D eigenvalue weighted by atomic mass is 10.1. The van der Waals surface area contributed by atoms with E-state index in [0.717, 1.165) is 7.11 Å². The third-order valence-corrected chi connectivity index (χ3v) is 4.74. The summed E-state index contributed by atoms with van der Waals surface area (Å²) in [6, 6.07) is 9.91. The predicted octanol–water partition coefficient (Wildman–Crippen LogP) is 4.78. The number of nitro groups is 1. The largest absolute Gasteiger partial charge is 0.496 e. The number of aromatic nitrogens is 1. The number of benzene rings is 2. The van der Waals surface area contributed by atoms with Crippen molar-refractivity contribution in [3.05, 3.63) is 62.2 Å². The Labute approximate surface area is 168 Å². The Morgan fingerprint density at radius 3 is 2.57 bits per heavy atom. The highest BCUT2D eigenvalue weighted by molar-refractivity contribution is 9.10. The number of carbonyl (C=O) groups is 1. The van der Waals surface area contributed by atoms with Crippen molar-refractivity contribution in [2.24, 2.45) is 0 Å². The summed E-state index contributed by atoms with van der Waals surface area (Å²) in [5, 5.41) is 11.4. The van der Waals surface area contributed by atoms with Crippen LogP contribution in [0.25, 0.3) is 22.8 Å². The molecule has 2 aromatic carbocycles. The Bertz CT molecular complexity index is 1080. The summed E-state index contributed by atoms with van der Waals surface area (Å²) in [6.07, 6.45) is 0. The molecule has 3 rings (SSSR count). The van der Waals surface area contributed by atoms with E-state index in [-0.39, 0.29) is 17.0 Å². The smallest absolute Gasteiger partial charge is 0.345 e. The molecule has 28 heavy (non-hydrogen) atoms. The highest BCUT2D eigenvalue weighted by atomic mass is 79.9. The number of halogens is 1. The van der Waals surface area contributed by atoms with Crippen LogP contribution in [-0.4, -0.2) is 30.1 Å². The van der Waals surface area contributed by atoms with Crippen LogP contribution in [0, 0.1) is 17.0 Å². The second kappa shape index (κ2) is 7.81. The Balaban J connectivity index is 2.27. The molecule has 0 amide bonds. The summed E-state index contributed by atoms with van der Waals surface area (Å²) < 4.78 is 16.4. The number of nitro benzene ring substituents is 1. The maximum Gasteiger partial charge on any atom is 0.345 e. The van der Waals surface area contributed by atoms with Gasteiger partial charge in [-0.1, -0.05) is 12.1 Å². The Hall–Kier alpha value is -3.20. The first kappa shape index (κ1) is 19.6. The molecule has 144 valence electrons. The third-order valence-electron chi connectivity index (χ3n) is 4.08. The summed E-state index contributed by atoms with van der Waals surface area (Å²) in [4.78, 5) is 27.5. The normalized spacial score (nSPS) is 10.6. The molecule has 1 heterocycles. The lowest BCUT2D eigenvalue weighted by Crippen LogP contribution is -2.08. The SMILES string of the molecule is COC(=O)c1c([N+](=O)[O-])ccc(Br)c1-c1nc(C)c(-c2ccccc2OC)o1. The van der Waals surface area contributed by atoms with Gasteiger partial charge in [-0.05, 0) is 41.1 Å². The number of ether oxygens (including phenoxy) is 2. The van der Waals surface area contributed by atoms with Gasteiger partial charge in [-0.2, -0.15) is 0 Å². The van der Waals surface area contributed by atoms with Gasteiger partial charge in [0.2, 0.25) is 5.89 Å². The number of hydrogen-bond donors (Lipinski definition) is 0. The number of hydrogen-bond acceptors (Lipinski definition) is 7. The molecule has 3 aromatic rings. The lowest BCUT2D eigenvalue weighted by Gasteiger charge is -2.08. The van der Waals surface area contributed by atoms with Gasteiger partial charge >= 0.3 is 5.97 Å². The quantitative estimate of drug-likeness (QED) is 0.315. The van der Waals surface area contributed by atoms with Crippen molar-refractivity contribution in [1.29, 1.82) is 0 Å². The number of esters is 1. The molecule has 0 saturated heterocycles. The van der Waals surface area contributed by atoms with Crippen molar-refractivity contribution in [3.8, 4) is 28.5 Å². The molecule has 0 saturated carbocycles. The molecule has 0 spiro atoms. The monoisotopic (exact) mass is 446 g/mol. The minimum Gasteiger partial charge on any atom is -0.496 e. The molecule has 0 atom stereocenters. The van der Waals surface area contributed by atoms with Crippen LogP contribution in [-0.2, 0) is 4.74 Å². The van der Waals surface area contributed by atoms with Gasteiger partial charge in [-0.15, -0.1) is 0 Å². The number of para-hydroxylation sites is 1. The van der Waals surface area contributed by atoms with Crippen molar-refractivity contribution in [2.75, 3.05) is 14.2 Å². The second-order valence-electron chi connectivity index (χ2n) is 5.70. The third kappa shape index (κ3) is 3.36. The van der Waals surface area contributed by atoms with Crippen LogP contribution in [0.4, 0.5) is 5.69 Å². The zero-order chi connectivity index (χ0) is 20.4. The van der Waals surface area contributed by atoms with E-state index in [1.54, 1.807) is 19.1 Å². The molecule has 1 aromatic heterocycles. The highest BCUT2D eigenvalue weighted by Crippen LogP contribution is 2.40. The molecule has 0 radical (unpaired) electrons. The van der Waals surface area contributed by atoms with Crippen LogP contribution < -0.4 is 4.74 Å². The second-order valence-corrected chi connectivity index (χ2v) is 6.55. The van der Waals surface area contributed by atoms with E-state index >= 15 is 0 Å². The molecule has 0 unspecified atom stereocenters. The fourth-order valence-corrected chi connectivity index (χ4v) is 3.32. The number of methoxy groups -OCH3 is 2. The van der Waals surface area contributed by atoms with Gasteiger partial charge in [0, 0.05) is 10.5 Å². The standard InChI is InChI=1S/C19H15BrN2O6/c1-10-17(11-6-4-5-7-14(11)26-2)28-18(21-10)15-12(20)8-9-13(22(24)25)16(15)19(23)27-3/h4-9H,1-3H3. The average Bonchev–Trinajstić information content (AvgIpc) is 3.07. The molecule has 0 aliphatic carbocycles. The number of aryl methyl sites for hydroxylation is 1. The van der Waals surface area contributed by atoms with E-state index in [4.69, 9.17) is 13.9 Å². The summed E-state index contributed by atoms with van der Waals surface area (Å²) in [6.45, 7) is 1.73. The van der Waals surface area contributed by atoms with E-state index < -0.39 is 16.6 Å². The first-order valence-corrected chi connectivity index (χ1v) is 8.84. The van der Waals surface area contributed by atoms with Crippen molar-refractivity contribution >= 4 is 27.6 Å².